The second-order valence-corrected chi connectivity index (χ2v) is 5.62. The molecule has 6 heteroatoms. The summed E-state index contributed by atoms with van der Waals surface area (Å²) in [5, 5.41) is 12.6. The van der Waals surface area contributed by atoms with Crippen LogP contribution in [0.15, 0.2) is 12.1 Å². The highest BCUT2D eigenvalue weighted by Crippen LogP contribution is 2.16. The number of nitrogens with one attached hydrogen (secondary N) is 1. The van der Waals surface area contributed by atoms with Crippen molar-refractivity contribution in [3.8, 4) is 6.07 Å². The predicted octanol–water partition coefficient (Wildman–Crippen LogP) is 1.65. The summed E-state index contributed by atoms with van der Waals surface area (Å²) in [6.07, 6.45) is 0. The van der Waals surface area contributed by atoms with Gasteiger partial charge in [-0.2, -0.15) is 5.26 Å². The molecule has 5 nitrogen and oxygen atoms in total. The van der Waals surface area contributed by atoms with Gasteiger partial charge in [-0.15, -0.1) is 0 Å². The van der Waals surface area contributed by atoms with Crippen molar-refractivity contribution < 1.29 is 0 Å². The summed E-state index contributed by atoms with van der Waals surface area (Å²) >= 11 is 5.87. The van der Waals surface area contributed by atoms with Crippen LogP contribution in [0.2, 0.25) is 5.02 Å². The van der Waals surface area contributed by atoms with Crippen molar-refractivity contribution >= 4 is 17.4 Å². The largest absolute Gasteiger partial charge is 0.368 e. The number of likely N-dealkylation sites (N-methyl/N-ethyl adjacent to an activating group) is 1. The number of aromatic nitrogens is 1. The van der Waals surface area contributed by atoms with Crippen LogP contribution in [0.5, 0.6) is 0 Å². The summed E-state index contributed by atoms with van der Waals surface area (Å²) < 4.78 is 0. The second kappa shape index (κ2) is 6.89. The molecule has 0 saturated carbocycles. The molecule has 108 valence electrons. The van der Waals surface area contributed by atoms with E-state index in [9.17, 15) is 0 Å². The van der Waals surface area contributed by atoms with Crippen molar-refractivity contribution in [2.45, 2.75) is 13.0 Å². The van der Waals surface area contributed by atoms with E-state index in [4.69, 9.17) is 16.9 Å². The van der Waals surface area contributed by atoms with Gasteiger partial charge in [-0.05, 0) is 26.1 Å². The molecule has 0 aliphatic carbocycles. The lowest BCUT2D eigenvalue weighted by Gasteiger charge is -2.36. The minimum Gasteiger partial charge on any atom is -0.368 e. The Morgan fingerprint density at radius 1 is 1.40 bits per heavy atom. The Morgan fingerprint density at radius 3 is 2.75 bits per heavy atom. The first-order valence-corrected chi connectivity index (χ1v) is 7.21. The van der Waals surface area contributed by atoms with Crippen LogP contribution in [0.4, 0.5) is 5.82 Å². The number of halogens is 1. The minimum atomic E-state index is 0.268. The van der Waals surface area contributed by atoms with E-state index in [2.05, 4.69) is 34.1 Å². The molecule has 0 bridgehead atoms. The molecule has 1 unspecified atom stereocenters. The highest BCUT2D eigenvalue weighted by Gasteiger charge is 2.18. The molecule has 1 N–H and O–H groups in total. The van der Waals surface area contributed by atoms with Gasteiger partial charge in [0.25, 0.3) is 0 Å². The maximum Gasteiger partial charge on any atom is 0.161 e. The quantitative estimate of drug-likeness (QED) is 0.915. The van der Waals surface area contributed by atoms with Gasteiger partial charge in [0.2, 0.25) is 0 Å². The van der Waals surface area contributed by atoms with Gasteiger partial charge in [-0.3, -0.25) is 4.90 Å². The van der Waals surface area contributed by atoms with Crippen molar-refractivity contribution in [2.24, 2.45) is 0 Å². The van der Waals surface area contributed by atoms with Crippen LogP contribution in [-0.4, -0.2) is 60.6 Å². The average Bonchev–Trinajstić information content (AvgIpc) is 2.46. The fraction of sp³-hybridized carbons (Fsp3) is 0.571. The maximum absolute atomic E-state index is 8.91. The van der Waals surface area contributed by atoms with Crippen molar-refractivity contribution in [2.75, 3.05) is 45.1 Å². The van der Waals surface area contributed by atoms with E-state index in [0.717, 1.165) is 32.7 Å². The van der Waals surface area contributed by atoms with E-state index in [-0.39, 0.29) is 5.69 Å². The number of nitriles is 1. The monoisotopic (exact) mass is 293 g/mol. The van der Waals surface area contributed by atoms with Crippen LogP contribution in [0, 0.1) is 11.3 Å². The molecule has 0 aromatic carbocycles. The van der Waals surface area contributed by atoms with Crippen molar-refractivity contribution in [3.05, 3.63) is 22.8 Å². The number of hydrogen-bond acceptors (Lipinski definition) is 5. The van der Waals surface area contributed by atoms with Crippen LogP contribution in [0.1, 0.15) is 12.6 Å². The molecule has 1 aromatic heterocycles. The number of hydrogen-bond donors (Lipinski definition) is 1. The van der Waals surface area contributed by atoms with Gasteiger partial charge in [-0.1, -0.05) is 11.6 Å². The summed E-state index contributed by atoms with van der Waals surface area (Å²) in [6, 6.07) is 5.94. The lowest BCUT2D eigenvalue weighted by atomic mass is 10.2. The highest BCUT2D eigenvalue weighted by molar-refractivity contribution is 6.31. The third-order valence-electron chi connectivity index (χ3n) is 3.69. The minimum absolute atomic E-state index is 0.268. The van der Waals surface area contributed by atoms with Crippen LogP contribution in [0.3, 0.4) is 0 Å². The lowest BCUT2D eigenvalue weighted by molar-refractivity contribution is 0.123. The standard InChI is InChI=1S/C14H20ClN5/c1-11(20-7-5-19(2)6-8-20)10-17-14-4-3-12(15)13(9-16)18-14/h3-4,11H,5-8,10H2,1-2H3,(H,17,18). The Labute approximate surface area is 125 Å². The fourth-order valence-corrected chi connectivity index (χ4v) is 2.41. The summed E-state index contributed by atoms with van der Waals surface area (Å²) in [7, 11) is 2.15. The zero-order chi connectivity index (χ0) is 14.5. The number of nitrogens with zero attached hydrogens (tertiary/aromatic N) is 4. The smallest absolute Gasteiger partial charge is 0.161 e. The van der Waals surface area contributed by atoms with Crippen LogP contribution < -0.4 is 5.32 Å². The summed E-state index contributed by atoms with van der Waals surface area (Å²) in [6.45, 7) is 7.43. The zero-order valence-corrected chi connectivity index (χ0v) is 12.7. The van der Waals surface area contributed by atoms with Gasteiger partial charge >= 0.3 is 0 Å². The Morgan fingerprint density at radius 2 is 2.10 bits per heavy atom. The molecule has 2 heterocycles. The molecule has 20 heavy (non-hydrogen) atoms. The van der Waals surface area contributed by atoms with E-state index in [1.165, 1.54) is 0 Å². The number of pyridine rings is 1. The molecule has 2 rings (SSSR count). The van der Waals surface area contributed by atoms with Crippen LogP contribution >= 0.6 is 11.6 Å². The van der Waals surface area contributed by atoms with Gasteiger partial charge in [0, 0.05) is 38.8 Å². The Hall–Kier alpha value is -1.35. The summed E-state index contributed by atoms with van der Waals surface area (Å²) in [4.78, 5) is 9.00. The summed E-state index contributed by atoms with van der Waals surface area (Å²) in [5.74, 6) is 0.701. The van der Waals surface area contributed by atoms with Crippen molar-refractivity contribution in [3.63, 3.8) is 0 Å². The Kier molecular flexibility index (Phi) is 5.18. The number of piperazine rings is 1. The molecule has 1 aliphatic rings. The Bertz CT molecular complexity index is 491. The first kappa shape index (κ1) is 15.0. The second-order valence-electron chi connectivity index (χ2n) is 5.21. The van der Waals surface area contributed by atoms with Gasteiger partial charge < -0.3 is 10.2 Å². The molecule has 1 atom stereocenters. The Balaban J connectivity index is 1.87. The molecule has 0 radical (unpaired) electrons. The van der Waals surface area contributed by atoms with Crippen molar-refractivity contribution in [1.82, 2.24) is 14.8 Å². The van der Waals surface area contributed by atoms with Crippen LogP contribution in [0.25, 0.3) is 0 Å². The SMILES string of the molecule is CC(CNc1ccc(Cl)c(C#N)n1)N1CCN(C)CC1. The lowest BCUT2D eigenvalue weighted by Crippen LogP contribution is -2.49. The van der Waals surface area contributed by atoms with E-state index < -0.39 is 0 Å². The molecule has 1 fully saturated rings. The van der Waals surface area contributed by atoms with E-state index >= 15 is 0 Å². The summed E-state index contributed by atoms with van der Waals surface area (Å²) in [5.41, 5.74) is 0.268. The molecular weight excluding hydrogens is 274 g/mol. The van der Waals surface area contributed by atoms with E-state index in [0.29, 0.717) is 16.9 Å². The van der Waals surface area contributed by atoms with E-state index in [1.54, 1.807) is 12.1 Å². The molecular formula is C14H20ClN5. The molecule has 0 spiro atoms. The number of rotatable bonds is 4. The van der Waals surface area contributed by atoms with Crippen LogP contribution in [-0.2, 0) is 0 Å². The first-order chi connectivity index (χ1) is 9.60. The third kappa shape index (κ3) is 3.83. The zero-order valence-electron chi connectivity index (χ0n) is 11.9. The normalized spacial score (nSPS) is 18.5. The number of anilines is 1. The topological polar surface area (TPSA) is 55.2 Å². The predicted molar refractivity (Wildman–Crippen MR) is 81.0 cm³/mol. The third-order valence-corrected chi connectivity index (χ3v) is 4.00. The fourth-order valence-electron chi connectivity index (χ4n) is 2.26. The average molecular weight is 294 g/mol. The maximum atomic E-state index is 8.91. The van der Waals surface area contributed by atoms with Gasteiger partial charge in [0.05, 0.1) is 5.02 Å². The molecule has 1 saturated heterocycles. The van der Waals surface area contributed by atoms with Gasteiger partial charge in [0.1, 0.15) is 11.9 Å². The van der Waals surface area contributed by atoms with Gasteiger partial charge in [-0.25, -0.2) is 4.98 Å². The molecule has 1 aliphatic heterocycles. The van der Waals surface area contributed by atoms with Crippen molar-refractivity contribution in [1.29, 1.82) is 5.26 Å². The highest BCUT2D eigenvalue weighted by atomic mass is 35.5. The molecule has 0 amide bonds. The van der Waals surface area contributed by atoms with E-state index in [1.807, 2.05) is 6.07 Å². The molecule has 1 aromatic rings. The van der Waals surface area contributed by atoms with Gasteiger partial charge in [0.15, 0.2) is 5.69 Å². The first-order valence-electron chi connectivity index (χ1n) is 6.83.